The summed E-state index contributed by atoms with van der Waals surface area (Å²) in [5.74, 6) is -1.74. The summed E-state index contributed by atoms with van der Waals surface area (Å²) in [7, 11) is 0. The van der Waals surface area contributed by atoms with Gasteiger partial charge in [-0.3, -0.25) is 14.5 Å². The number of fused-ring (bicyclic) bond motifs is 3. The van der Waals surface area contributed by atoms with Crippen LogP contribution in [-0.4, -0.2) is 52.5 Å². The summed E-state index contributed by atoms with van der Waals surface area (Å²) in [4.78, 5) is 32.7. The molecule has 39 heavy (non-hydrogen) atoms. The summed E-state index contributed by atoms with van der Waals surface area (Å²) in [5.41, 5.74) is 5.82. The molecule has 6 rings (SSSR count). The maximum Gasteiger partial charge on any atom is 0.246 e. The van der Waals surface area contributed by atoms with E-state index in [1.807, 2.05) is 6.07 Å². The van der Waals surface area contributed by atoms with Gasteiger partial charge in [0.15, 0.2) is 11.0 Å². The number of pyridine rings is 1. The number of benzene rings is 1. The van der Waals surface area contributed by atoms with E-state index in [0.717, 1.165) is 31.2 Å². The number of nitrogens with zero attached hydrogens (tertiary/aromatic N) is 2. The van der Waals surface area contributed by atoms with Crippen molar-refractivity contribution in [1.82, 2.24) is 9.88 Å². The molecule has 7 nitrogen and oxygen atoms in total. The Balaban J connectivity index is 1.57. The number of likely N-dealkylation sites (tertiary alicyclic amines) is 1. The highest BCUT2D eigenvalue weighted by Crippen LogP contribution is 2.66. The molecule has 2 saturated heterocycles. The van der Waals surface area contributed by atoms with Crippen LogP contribution < -0.4 is 11.1 Å². The molecule has 3 fully saturated rings. The molecule has 1 aromatic carbocycles. The van der Waals surface area contributed by atoms with Gasteiger partial charge >= 0.3 is 0 Å². The number of carbonyl (C=O) groups excluding carboxylic acids is 2. The molecular weight excluding hydrogens is 542 g/mol. The molecule has 0 bridgehead atoms. The second kappa shape index (κ2) is 9.40. The van der Waals surface area contributed by atoms with Crippen molar-refractivity contribution in [2.75, 3.05) is 18.5 Å². The topological polar surface area (TPSA) is 97.6 Å². The second-order valence-electron chi connectivity index (χ2n) is 12.3. The first kappa shape index (κ1) is 26.9. The van der Waals surface area contributed by atoms with E-state index in [1.165, 1.54) is 6.20 Å². The van der Waals surface area contributed by atoms with Crippen LogP contribution in [0.15, 0.2) is 30.5 Å². The zero-order valence-corrected chi connectivity index (χ0v) is 23.6. The van der Waals surface area contributed by atoms with E-state index in [1.54, 1.807) is 18.2 Å². The number of hydrogen-bond acceptors (Lipinski definition) is 5. The average molecular weight is 576 g/mol. The molecule has 4 heterocycles. The minimum Gasteiger partial charge on any atom is -0.367 e. The lowest BCUT2D eigenvalue weighted by molar-refractivity contribution is -0.139. The monoisotopic (exact) mass is 574 g/mol. The van der Waals surface area contributed by atoms with Crippen molar-refractivity contribution < 1.29 is 18.7 Å². The maximum atomic E-state index is 15.8. The van der Waals surface area contributed by atoms with Crippen LogP contribution in [0.4, 0.5) is 10.1 Å². The molecule has 2 aromatic rings. The standard InChI is InChI=1S/C29H33Cl2FN4O3/c1-27(2)8-10-28(11-9-27)29(19-5-3-16(30)13-21(19)35-26(29)38)20(18-7-12-34-24(31)23(18)32)14-36(28)17-4-6-22(25(33)37)39-15-17/h3,5,7,12-13,17,20,22H,4,6,8-11,14-15H2,1-2H3,(H2,33,37)(H,35,38)/t17-,20-,22+,29-/m1/s1. The number of ether oxygens (including phenoxy) is 1. The molecule has 2 spiro atoms. The van der Waals surface area contributed by atoms with Crippen LogP contribution in [0.2, 0.25) is 10.2 Å². The van der Waals surface area contributed by atoms with E-state index in [-0.39, 0.29) is 22.5 Å². The van der Waals surface area contributed by atoms with Crippen molar-refractivity contribution in [3.63, 3.8) is 0 Å². The van der Waals surface area contributed by atoms with E-state index < -0.39 is 34.7 Å². The molecule has 0 unspecified atom stereocenters. The number of primary amides is 1. The average Bonchev–Trinajstić information content (AvgIpc) is 3.35. The normalized spacial score (nSPS) is 31.4. The van der Waals surface area contributed by atoms with Gasteiger partial charge in [0.2, 0.25) is 11.8 Å². The Bertz CT molecular complexity index is 1340. The maximum absolute atomic E-state index is 15.8. The van der Waals surface area contributed by atoms with Gasteiger partial charge in [-0.25, -0.2) is 9.37 Å². The van der Waals surface area contributed by atoms with Crippen LogP contribution in [0.25, 0.3) is 0 Å². The third kappa shape index (κ3) is 3.93. The molecule has 3 aliphatic heterocycles. The Kier molecular flexibility index (Phi) is 6.49. The molecule has 10 heteroatoms. The van der Waals surface area contributed by atoms with Crippen LogP contribution in [-0.2, 0) is 19.7 Å². The number of halogens is 3. The van der Waals surface area contributed by atoms with E-state index in [0.29, 0.717) is 42.3 Å². The number of anilines is 1. The lowest BCUT2D eigenvalue weighted by Crippen LogP contribution is -2.65. The predicted octanol–water partition coefficient (Wildman–Crippen LogP) is 5.19. The summed E-state index contributed by atoms with van der Waals surface area (Å²) in [6, 6.07) is 7.10. The Morgan fingerprint density at radius 3 is 2.59 bits per heavy atom. The highest BCUT2D eigenvalue weighted by molar-refractivity contribution is 6.31. The Morgan fingerprint density at radius 1 is 1.18 bits per heavy atom. The van der Waals surface area contributed by atoms with Gasteiger partial charge in [0.25, 0.3) is 0 Å². The van der Waals surface area contributed by atoms with Gasteiger partial charge in [0.05, 0.1) is 6.61 Å². The third-order valence-corrected chi connectivity index (χ3v) is 10.4. The van der Waals surface area contributed by atoms with Crippen molar-refractivity contribution in [3.05, 3.63) is 57.6 Å². The van der Waals surface area contributed by atoms with Crippen molar-refractivity contribution in [2.24, 2.45) is 11.1 Å². The van der Waals surface area contributed by atoms with Crippen molar-refractivity contribution in [2.45, 2.75) is 81.4 Å². The molecular formula is C29H33Cl2FN4O3. The first-order valence-electron chi connectivity index (χ1n) is 13.6. The number of hydrogen-bond donors (Lipinski definition) is 2. The molecule has 1 saturated carbocycles. The SMILES string of the molecule is CC1(C)CCC2(CC1)N([C@@H]1CC[C@@H](C(N)=O)OC1)C[C@H](c1ccnc(Cl)c1F)[C@]21C(=O)Nc2cc(Cl)ccc21. The highest BCUT2D eigenvalue weighted by atomic mass is 35.5. The molecule has 0 radical (unpaired) electrons. The summed E-state index contributed by atoms with van der Waals surface area (Å²) in [6.45, 7) is 5.27. The fourth-order valence-corrected chi connectivity index (χ4v) is 8.27. The lowest BCUT2D eigenvalue weighted by Gasteiger charge is -2.55. The summed E-state index contributed by atoms with van der Waals surface area (Å²) >= 11 is 12.6. The van der Waals surface area contributed by atoms with E-state index in [9.17, 15) is 9.59 Å². The smallest absolute Gasteiger partial charge is 0.246 e. The van der Waals surface area contributed by atoms with Crippen LogP contribution in [0.1, 0.15) is 69.4 Å². The molecule has 4 atom stereocenters. The Labute approximate surface area is 237 Å². The minimum absolute atomic E-state index is 0.0618. The van der Waals surface area contributed by atoms with Gasteiger partial charge in [-0.15, -0.1) is 0 Å². The largest absolute Gasteiger partial charge is 0.367 e. The number of nitrogens with one attached hydrogen (secondary N) is 1. The van der Waals surface area contributed by atoms with E-state index in [2.05, 4.69) is 29.0 Å². The van der Waals surface area contributed by atoms with Crippen molar-refractivity contribution in [3.8, 4) is 0 Å². The van der Waals surface area contributed by atoms with Crippen LogP contribution in [0.5, 0.6) is 0 Å². The number of aromatic nitrogens is 1. The van der Waals surface area contributed by atoms with E-state index >= 15 is 4.39 Å². The minimum atomic E-state index is -1.09. The molecule has 1 aromatic heterocycles. The van der Waals surface area contributed by atoms with Gasteiger partial charge in [-0.2, -0.15) is 0 Å². The first-order valence-corrected chi connectivity index (χ1v) is 14.3. The molecule has 3 N–H and O–H groups in total. The van der Waals surface area contributed by atoms with Crippen LogP contribution >= 0.6 is 23.2 Å². The number of nitrogens with two attached hydrogens (primary N) is 1. The number of amides is 2. The summed E-state index contributed by atoms with van der Waals surface area (Å²) in [6.07, 6.45) is 5.40. The summed E-state index contributed by atoms with van der Waals surface area (Å²) in [5, 5.41) is 3.44. The molecule has 2 amide bonds. The van der Waals surface area contributed by atoms with Gasteiger partial charge in [-0.05, 0) is 73.3 Å². The zero-order chi connectivity index (χ0) is 27.7. The van der Waals surface area contributed by atoms with Crippen LogP contribution in [0, 0.1) is 11.2 Å². The fourth-order valence-electron chi connectivity index (χ4n) is 7.94. The quantitative estimate of drug-likeness (QED) is 0.492. The first-order chi connectivity index (χ1) is 18.5. The highest BCUT2D eigenvalue weighted by Gasteiger charge is 2.72. The predicted molar refractivity (Wildman–Crippen MR) is 147 cm³/mol. The van der Waals surface area contributed by atoms with Crippen LogP contribution in [0.3, 0.4) is 0 Å². The lowest BCUT2D eigenvalue weighted by atomic mass is 9.53. The third-order valence-electron chi connectivity index (χ3n) is 9.89. The Hall–Kier alpha value is -2.26. The zero-order valence-electron chi connectivity index (χ0n) is 22.1. The van der Waals surface area contributed by atoms with Crippen molar-refractivity contribution >= 4 is 40.7 Å². The van der Waals surface area contributed by atoms with Gasteiger partial charge in [-0.1, -0.05) is 43.1 Å². The van der Waals surface area contributed by atoms with Gasteiger partial charge < -0.3 is 15.8 Å². The van der Waals surface area contributed by atoms with Crippen molar-refractivity contribution in [1.29, 1.82) is 0 Å². The molecule has 1 aliphatic carbocycles. The number of carbonyl (C=O) groups is 2. The van der Waals surface area contributed by atoms with Gasteiger partial charge in [0.1, 0.15) is 11.5 Å². The van der Waals surface area contributed by atoms with Gasteiger partial charge in [0, 0.05) is 41.0 Å². The van der Waals surface area contributed by atoms with E-state index in [4.69, 9.17) is 33.7 Å². The second-order valence-corrected chi connectivity index (χ2v) is 13.1. The fraction of sp³-hybridized carbons (Fsp3) is 0.552. The molecule has 208 valence electrons. The number of rotatable bonds is 3. The molecule has 4 aliphatic rings. The summed E-state index contributed by atoms with van der Waals surface area (Å²) < 4.78 is 21.8. The Morgan fingerprint density at radius 2 is 1.92 bits per heavy atom.